The van der Waals surface area contributed by atoms with Gasteiger partial charge in [-0.15, -0.1) is 0 Å². The van der Waals surface area contributed by atoms with Crippen molar-refractivity contribution >= 4 is 0 Å². The van der Waals surface area contributed by atoms with Gasteiger partial charge in [0.15, 0.2) is 0 Å². The summed E-state index contributed by atoms with van der Waals surface area (Å²) in [5, 5.41) is 9.74. The van der Waals surface area contributed by atoms with Crippen molar-refractivity contribution in [3.63, 3.8) is 0 Å². The maximum Gasteiger partial charge on any atom is 0.0518 e. The summed E-state index contributed by atoms with van der Waals surface area (Å²) >= 11 is 0. The quantitative estimate of drug-likeness (QED) is 0.805. The third kappa shape index (κ3) is 4.55. The van der Waals surface area contributed by atoms with Crippen LogP contribution in [0.2, 0.25) is 0 Å². The third-order valence-corrected chi connectivity index (χ3v) is 4.69. The molecule has 1 N–H and O–H groups in total. The largest absolute Gasteiger partial charge is 0.396 e. The van der Waals surface area contributed by atoms with E-state index in [1.54, 1.807) is 0 Å². The van der Waals surface area contributed by atoms with E-state index < -0.39 is 0 Å². The molecule has 18 heavy (non-hydrogen) atoms. The number of aliphatic hydroxyl groups is 1. The summed E-state index contributed by atoms with van der Waals surface area (Å²) in [6.45, 7) is 12.3. The van der Waals surface area contributed by atoms with E-state index in [9.17, 15) is 5.11 Å². The van der Waals surface area contributed by atoms with E-state index in [1.807, 2.05) is 0 Å². The molecular weight excluding hydrogens is 224 g/mol. The van der Waals surface area contributed by atoms with Gasteiger partial charge in [0.2, 0.25) is 0 Å². The number of hydrogen-bond donors (Lipinski definition) is 1. The second-order valence-corrected chi connectivity index (χ2v) is 7.47. The van der Waals surface area contributed by atoms with E-state index in [0.29, 0.717) is 18.1 Å². The number of hydrogen-bond acceptors (Lipinski definition) is 2. The number of aliphatic hydroxyl groups excluding tert-OH is 1. The molecular formula is C16H32O2. The van der Waals surface area contributed by atoms with E-state index in [0.717, 1.165) is 31.8 Å². The van der Waals surface area contributed by atoms with Crippen molar-refractivity contribution in [2.75, 3.05) is 13.2 Å². The first-order valence-corrected chi connectivity index (χ1v) is 7.51. The normalized spacial score (nSPS) is 29.8. The van der Waals surface area contributed by atoms with Crippen LogP contribution in [0, 0.1) is 16.7 Å². The van der Waals surface area contributed by atoms with Gasteiger partial charge in [0.25, 0.3) is 0 Å². The predicted molar refractivity (Wildman–Crippen MR) is 76.6 cm³/mol. The Labute approximate surface area is 113 Å². The zero-order chi connectivity index (χ0) is 13.8. The highest BCUT2D eigenvalue weighted by Gasteiger charge is 2.38. The summed E-state index contributed by atoms with van der Waals surface area (Å²) in [6, 6.07) is 0. The molecule has 0 amide bonds. The maximum absolute atomic E-state index is 9.74. The Bertz CT molecular complexity index is 232. The first-order valence-electron chi connectivity index (χ1n) is 7.51. The van der Waals surface area contributed by atoms with Crippen LogP contribution in [0.3, 0.4) is 0 Å². The molecule has 0 bridgehead atoms. The summed E-state index contributed by atoms with van der Waals surface area (Å²) in [5.41, 5.74) is 0.548. The maximum atomic E-state index is 9.74. The van der Waals surface area contributed by atoms with E-state index in [4.69, 9.17) is 4.74 Å². The van der Waals surface area contributed by atoms with Gasteiger partial charge >= 0.3 is 0 Å². The lowest BCUT2D eigenvalue weighted by Crippen LogP contribution is -2.36. The van der Waals surface area contributed by atoms with Crippen LogP contribution in [0.1, 0.15) is 66.7 Å². The first kappa shape index (κ1) is 16.0. The lowest BCUT2D eigenvalue weighted by Gasteiger charge is -2.43. The number of rotatable bonds is 5. The zero-order valence-electron chi connectivity index (χ0n) is 13.0. The van der Waals surface area contributed by atoms with Gasteiger partial charge in [0.05, 0.1) is 6.10 Å². The molecule has 1 rings (SSSR count). The minimum absolute atomic E-state index is 0.136. The molecule has 0 aromatic rings. The van der Waals surface area contributed by atoms with Crippen LogP contribution in [-0.4, -0.2) is 24.4 Å². The molecule has 2 nitrogen and oxygen atoms in total. The van der Waals surface area contributed by atoms with Crippen molar-refractivity contribution in [1.82, 2.24) is 0 Å². The Hall–Kier alpha value is -0.0800. The molecule has 0 unspecified atom stereocenters. The van der Waals surface area contributed by atoms with Gasteiger partial charge in [-0.25, -0.2) is 0 Å². The molecule has 1 aliphatic rings. The van der Waals surface area contributed by atoms with Crippen molar-refractivity contribution < 1.29 is 9.84 Å². The van der Waals surface area contributed by atoms with Crippen LogP contribution in [-0.2, 0) is 4.74 Å². The molecule has 2 heteroatoms. The zero-order valence-corrected chi connectivity index (χ0v) is 13.0. The first-order chi connectivity index (χ1) is 8.29. The molecule has 0 aromatic carbocycles. The molecule has 0 aliphatic heterocycles. The Morgan fingerprint density at radius 3 is 2.17 bits per heavy atom. The summed E-state index contributed by atoms with van der Waals surface area (Å²) in [6.07, 6.45) is 6.14. The lowest BCUT2D eigenvalue weighted by atomic mass is 9.63. The minimum atomic E-state index is 0.136. The van der Waals surface area contributed by atoms with Gasteiger partial charge in [-0.3, -0.25) is 0 Å². The summed E-state index contributed by atoms with van der Waals surface area (Å²) < 4.78 is 5.65. The lowest BCUT2D eigenvalue weighted by molar-refractivity contribution is -0.00702. The van der Waals surface area contributed by atoms with Crippen LogP contribution in [0.4, 0.5) is 0 Å². The summed E-state index contributed by atoms with van der Waals surface area (Å²) in [7, 11) is 0. The van der Waals surface area contributed by atoms with Crippen molar-refractivity contribution in [1.29, 1.82) is 0 Å². The third-order valence-electron chi connectivity index (χ3n) is 4.69. The smallest absolute Gasteiger partial charge is 0.0518 e. The van der Waals surface area contributed by atoms with E-state index in [1.165, 1.54) is 12.8 Å². The van der Waals surface area contributed by atoms with Gasteiger partial charge in [-0.05, 0) is 62.7 Å². The molecule has 1 saturated carbocycles. The monoisotopic (exact) mass is 256 g/mol. The molecule has 108 valence electrons. The van der Waals surface area contributed by atoms with E-state index in [2.05, 4.69) is 34.6 Å². The Kier molecular flexibility index (Phi) is 5.67. The van der Waals surface area contributed by atoms with Gasteiger partial charge in [-0.2, -0.15) is 0 Å². The fraction of sp³-hybridized carbons (Fsp3) is 1.00. The minimum Gasteiger partial charge on any atom is -0.396 e. The van der Waals surface area contributed by atoms with E-state index >= 15 is 0 Å². The highest BCUT2D eigenvalue weighted by atomic mass is 16.5. The van der Waals surface area contributed by atoms with Crippen LogP contribution in [0.15, 0.2) is 0 Å². The molecule has 1 aliphatic carbocycles. The van der Waals surface area contributed by atoms with Gasteiger partial charge in [-0.1, -0.05) is 20.8 Å². The van der Waals surface area contributed by atoms with Crippen LogP contribution in [0.25, 0.3) is 0 Å². The topological polar surface area (TPSA) is 29.5 Å². The summed E-state index contributed by atoms with van der Waals surface area (Å²) in [5.74, 6) is 0.809. The molecule has 0 saturated heterocycles. The average Bonchev–Trinajstić information content (AvgIpc) is 2.28. The Morgan fingerprint density at radius 2 is 1.78 bits per heavy atom. The molecule has 0 radical (unpaired) electrons. The fourth-order valence-electron chi connectivity index (χ4n) is 3.09. The van der Waals surface area contributed by atoms with Crippen molar-refractivity contribution in [2.24, 2.45) is 16.7 Å². The van der Waals surface area contributed by atoms with Crippen molar-refractivity contribution in [3.8, 4) is 0 Å². The van der Waals surface area contributed by atoms with Gasteiger partial charge in [0, 0.05) is 13.2 Å². The van der Waals surface area contributed by atoms with Crippen LogP contribution in [0.5, 0.6) is 0 Å². The molecule has 0 heterocycles. The highest BCUT2D eigenvalue weighted by molar-refractivity contribution is 4.88. The molecule has 0 atom stereocenters. The second-order valence-electron chi connectivity index (χ2n) is 7.47. The summed E-state index contributed by atoms with van der Waals surface area (Å²) in [4.78, 5) is 0. The Balaban J connectivity index is 2.44. The average molecular weight is 256 g/mol. The molecule has 0 aromatic heterocycles. The van der Waals surface area contributed by atoms with Gasteiger partial charge < -0.3 is 9.84 Å². The van der Waals surface area contributed by atoms with E-state index in [-0.39, 0.29) is 5.41 Å². The second kappa shape index (κ2) is 6.38. The van der Waals surface area contributed by atoms with Crippen LogP contribution >= 0.6 is 0 Å². The van der Waals surface area contributed by atoms with Crippen molar-refractivity contribution in [2.45, 2.75) is 72.8 Å². The van der Waals surface area contributed by atoms with Crippen molar-refractivity contribution in [3.05, 3.63) is 0 Å². The molecule has 1 fully saturated rings. The van der Waals surface area contributed by atoms with Crippen LogP contribution < -0.4 is 0 Å². The molecule has 0 spiro atoms. The van der Waals surface area contributed by atoms with Gasteiger partial charge in [0.1, 0.15) is 0 Å². The Morgan fingerprint density at radius 1 is 1.22 bits per heavy atom. The predicted octanol–water partition coefficient (Wildman–Crippen LogP) is 4.02. The SMILES string of the molecule is CC(C)OCCC1(CO)CCC(C(C)(C)C)CC1. The standard InChI is InChI=1S/C16H32O2/c1-13(2)18-11-10-16(12-17)8-6-14(7-9-16)15(3,4)5/h13-14,17H,6-12H2,1-5H3. The fourth-order valence-corrected chi connectivity index (χ4v) is 3.09. The number of ether oxygens (including phenoxy) is 1. The highest BCUT2D eigenvalue weighted by Crippen LogP contribution is 2.46.